The number of nitrogens with zero attached hydrogens (tertiary/aromatic N) is 2. The van der Waals surface area contributed by atoms with Crippen LogP contribution in [0.25, 0.3) is 6.08 Å². The van der Waals surface area contributed by atoms with Gasteiger partial charge in [-0.15, -0.1) is 0 Å². The van der Waals surface area contributed by atoms with Gasteiger partial charge in [0.15, 0.2) is 17.3 Å². The monoisotopic (exact) mass is 232 g/mol. The van der Waals surface area contributed by atoms with Crippen molar-refractivity contribution in [2.75, 3.05) is 14.2 Å². The SMILES string of the molecule is COc1cc(C=C(C#N)C#N)cc(F)c1OC. The van der Waals surface area contributed by atoms with Crippen LogP contribution in [0.15, 0.2) is 17.7 Å². The number of methoxy groups -OCH3 is 2. The predicted octanol–water partition coefficient (Wildman–Crippen LogP) is 2.27. The van der Waals surface area contributed by atoms with Crippen molar-refractivity contribution in [3.8, 4) is 23.6 Å². The summed E-state index contributed by atoms with van der Waals surface area (Å²) in [6.45, 7) is 0. The Morgan fingerprint density at radius 3 is 2.35 bits per heavy atom. The van der Waals surface area contributed by atoms with Crippen LogP contribution in [0.5, 0.6) is 11.5 Å². The van der Waals surface area contributed by atoms with Crippen molar-refractivity contribution in [1.82, 2.24) is 0 Å². The first-order valence-electron chi connectivity index (χ1n) is 4.59. The molecule has 0 aromatic heterocycles. The molecule has 0 radical (unpaired) electrons. The third-order valence-electron chi connectivity index (χ3n) is 2.01. The lowest BCUT2D eigenvalue weighted by atomic mass is 10.1. The Kier molecular flexibility index (Phi) is 4.08. The summed E-state index contributed by atoms with van der Waals surface area (Å²) in [6, 6.07) is 6.03. The van der Waals surface area contributed by atoms with E-state index in [1.807, 2.05) is 0 Å². The molecule has 0 saturated heterocycles. The number of hydrogen-bond acceptors (Lipinski definition) is 4. The minimum absolute atomic E-state index is 0.0138. The maximum absolute atomic E-state index is 13.6. The fraction of sp³-hybridized carbons (Fsp3) is 0.167. The topological polar surface area (TPSA) is 66.0 Å². The molecule has 86 valence electrons. The van der Waals surface area contributed by atoms with E-state index in [1.54, 1.807) is 12.1 Å². The Hall–Kier alpha value is -2.53. The molecule has 1 rings (SSSR count). The van der Waals surface area contributed by atoms with Crippen LogP contribution in [-0.2, 0) is 0 Å². The van der Waals surface area contributed by atoms with Crippen molar-refractivity contribution in [2.24, 2.45) is 0 Å². The normalized spacial score (nSPS) is 8.76. The summed E-state index contributed by atoms with van der Waals surface area (Å²) in [5, 5.41) is 17.2. The fourth-order valence-electron chi connectivity index (χ4n) is 1.28. The van der Waals surface area contributed by atoms with Crippen LogP contribution >= 0.6 is 0 Å². The quantitative estimate of drug-likeness (QED) is 0.750. The smallest absolute Gasteiger partial charge is 0.196 e. The van der Waals surface area contributed by atoms with Crippen LogP contribution in [-0.4, -0.2) is 14.2 Å². The molecule has 0 bridgehead atoms. The summed E-state index contributed by atoms with van der Waals surface area (Å²) < 4.78 is 23.3. The number of benzene rings is 1. The maximum atomic E-state index is 13.6. The number of hydrogen-bond donors (Lipinski definition) is 0. The van der Waals surface area contributed by atoms with Crippen molar-refractivity contribution >= 4 is 6.08 Å². The van der Waals surface area contributed by atoms with Crippen LogP contribution in [0, 0.1) is 28.5 Å². The minimum Gasteiger partial charge on any atom is -0.493 e. The van der Waals surface area contributed by atoms with Gasteiger partial charge in [-0.2, -0.15) is 10.5 Å². The second-order valence-electron chi connectivity index (χ2n) is 3.02. The van der Waals surface area contributed by atoms with E-state index in [0.717, 1.165) is 6.07 Å². The molecule has 0 fully saturated rings. The van der Waals surface area contributed by atoms with Crippen LogP contribution < -0.4 is 9.47 Å². The molecule has 0 spiro atoms. The molecule has 0 aliphatic heterocycles. The number of allylic oxidation sites excluding steroid dienone is 1. The summed E-state index contributed by atoms with van der Waals surface area (Å²) >= 11 is 0. The molecule has 0 atom stereocenters. The zero-order chi connectivity index (χ0) is 12.8. The van der Waals surface area contributed by atoms with Crippen LogP contribution in [0.4, 0.5) is 4.39 Å². The van der Waals surface area contributed by atoms with Crippen LogP contribution in [0.1, 0.15) is 5.56 Å². The first kappa shape index (κ1) is 12.5. The molecule has 1 aromatic rings. The first-order chi connectivity index (χ1) is 8.15. The fourth-order valence-corrected chi connectivity index (χ4v) is 1.28. The number of rotatable bonds is 3. The van der Waals surface area contributed by atoms with Gasteiger partial charge in [-0.25, -0.2) is 4.39 Å². The van der Waals surface area contributed by atoms with Crippen molar-refractivity contribution in [2.45, 2.75) is 0 Å². The van der Waals surface area contributed by atoms with E-state index in [-0.39, 0.29) is 17.1 Å². The Labute approximate surface area is 98.1 Å². The number of ether oxygens (including phenoxy) is 2. The van der Waals surface area contributed by atoms with E-state index < -0.39 is 5.82 Å². The number of nitriles is 2. The average molecular weight is 232 g/mol. The molecule has 0 amide bonds. The zero-order valence-electron chi connectivity index (χ0n) is 9.32. The van der Waals surface area contributed by atoms with Gasteiger partial charge < -0.3 is 9.47 Å². The molecule has 0 aliphatic rings. The van der Waals surface area contributed by atoms with Gasteiger partial charge in [0.2, 0.25) is 0 Å². The van der Waals surface area contributed by atoms with E-state index in [4.69, 9.17) is 20.0 Å². The third-order valence-corrected chi connectivity index (χ3v) is 2.01. The molecule has 4 nitrogen and oxygen atoms in total. The first-order valence-corrected chi connectivity index (χ1v) is 4.59. The van der Waals surface area contributed by atoms with Crippen LogP contribution in [0.2, 0.25) is 0 Å². The van der Waals surface area contributed by atoms with E-state index in [1.165, 1.54) is 26.4 Å². The highest BCUT2D eigenvalue weighted by Gasteiger charge is 2.11. The summed E-state index contributed by atoms with van der Waals surface area (Å²) in [6.07, 6.45) is 1.27. The van der Waals surface area contributed by atoms with Gasteiger partial charge in [0, 0.05) is 0 Å². The van der Waals surface area contributed by atoms with Gasteiger partial charge in [-0.05, 0) is 23.8 Å². The molecule has 5 heteroatoms. The Bertz CT molecular complexity index is 523. The van der Waals surface area contributed by atoms with Gasteiger partial charge in [-0.1, -0.05) is 0 Å². The summed E-state index contributed by atoms with van der Waals surface area (Å²) in [5.41, 5.74) is 0.245. The van der Waals surface area contributed by atoms with Crippen molar-refractivity contribution in [3.63, 3.8) is 0 Å². The molecule has 0 heterocycles. The summed E-state index contributed by atoms with van der Waals surface area (Å²) in [7, 11) is 2.70. The highest BCUT2D eigenvalue weighted by Crippen LogP contribution is 2.31. The van der Waals surface area contributed by atoms with E-state index in [2.05, 4.69) is 0 Å². The molecule has 0 N–H and O–H groups in total. The van der Waals surface area contributed by atoms with E-state index in [0.29, 0.717) is 5.56 Å². The Morgan fingerprint density at radius 2 is 1.88 bits per heavy atom. The van der Waals surface area contributed by atoms with Gasteiger partial charge in [0.1, 0.15) is 17.7 Å². The lowest BCUT2D eigenvalue weighted by molar-refractivity contribution is 0.337. The molecule has 0 saturated carbocycles. The number of halogens is 1. The molecule has 17 heavy (non-hydrogen) atoms. The highest BCUT2D eigenvalue weighted by molar-refractivity contribution is 5.64. The van der Waals surface area contributed by atoms with Crippen molar-refractivity contribution in [3.05, 3.63) is 29.1 Å². The van der Waals surface area contributed by atoms with Crippen LogP contribution in [0.3, 0.4) is 0 Å². The highest BCUT2D eigenvalue weighted by atomic mass is 19.1. The molecular weight excluding hydrogens is 223 g/mol. The van der Waals surface area contributed by atoms with Gasteiger partial charge in [0.05, 0.1) is 14.2 Å². The largest absolute Gasteiger partial charge is 0.493 e. The lowest BCUT2D eigenvalue weighted by Gasteiger charge is -2.09. The van der Waals surface area contributed by atoms with Crippen molar-refractivity contribution < 1.29 is 13.9 Å². The average Bonchev–Trinajstić information content (AvgIpc) is 2.35. The van der Waals surface area contributed by atoms with E-state index >= 15 is 0 Å². The van der Waals surface area contributed by atoms with Crippen molar-refractivity contribution in [1.29, 1.82) is 10.5 Å². The summed E-state index contributed by atoms with van der Waals surface area (Å²) in [5.74, 6) is -0.428. The molecule has 0 unspecified atom stereocenters. The van der Waals surface area contributed by atoms with E-state index in [9.17, 15) is 4.39 Å². The predicted molar refractivity (Wildman–Crippen MR) is 58.7 cm³/mol. The zero-order valence-corrected chi connectivity index (χ0v) is 9.32. The van der Waals surface area contributed by atoms with Gasteiger partial charge in [-0.3, -0.25) is 0 Å². The Balaban J connectivity index is 3.32. The molecule has 0 aliphatic carbocycles. The van der Waals surface area contributed by atoms with Gasteiger partial charge in [0.25, 0.3) is 0 Å². The van der Waals surface area contributed by atoms with Gasteiger partial charge >= 0.3 is 0 Å². The standard InChI is InChI=1S/C12H9FN2O2/c1-16-11-5-8(3-9(6-14)7-15)4-10(13)12(11)17-2/h3-5H,1-2H3. The third kappa shape index (κ3) is 2.73. The summed E-state index contributed by atoms with van der Waals surface area (Å²) in [4.78, 5) is 0. The Morgan fingerprint density at radius 1 is 1.24 bits per heavy atom. The molecular formula is C12H9FN2O2. The lowest BCUT2D eigenvalue weighted by Crippen LogP contribution is -1.94. The maximum Gasteiger partial charge on any atom is 0.196 e. The minimum atomic E-state index is -0.617. The second kappa shape index (κ2) is 5.53. The molecule has 1 aromatic carbocycles. The second-order valence-corrected chi connectivity index (χ2v) is 3.02.